The van der Waals surface area contributed by atoms with Gasteiger partial charge in [-0.25, -0.2) is 4.42 Å². The summed E-state index contributed by atoms with van der Waals surface area (Å²) in [6, 6.07) is 8.16. The molecule has 0 fully saturated rings. The van der Waals surface area contributed by atoms with Crippen LogP contribution in [0.4, 0.5) is 0 Å². The molecule has 17 heavy (non-hydrogen) atoms. The molecule has 0 amide bonds. The third kappa shape index (κ3) is 1.72. The summed E-state index contributed by atoms with van der Waals surface area (Å²) in [5.41, 5.74) is 0. The van der Waals surface area contributed by atoms with Crippen molar-refractivity contribution in [3.05, 3.63) is 40.8 Å². The van der Waals surface area contributed by atoms with Crippen molar-refractivity contribution >= 4 is 43.1 Å². The van der Waals surface area contributed by atoms with Gasteiger partial charge in [0, 0.05) is 26.6 Å². The molecule has 0 aliphatic heterocycles. The van der Waals surface area contributed by atoms with Crippen LogP contribution in [0.25, 0.3) is 20.2 Å². The van der Waals surface area contributed by atoms with Crippen LogP contribution in [0.15, 0.2) is 28.7 Å². The minimum Gasteiger partial charge on any atom is -0.217 e. The van der Waals surface area contributed by atoms with E-state index in [9.17, 15) is 0 Å². The molecular weight excluding hydrogens is 252 g/mol. The predicted octanol–water partition coefficient (Wildman–Crippen LogP) is 5.45. The molecule has 3 aromatic rings. The fourth-order valence-corrected chi connectivity index (χ4v) is 3.53. The summed E-state index contributed by atoms with van der Waals surface area (Å²) < 4.78 is 8.29. The van der Waals surface area contributed by atoms with Crippen LogP contribution < -0.4 is 0 Å². The summed E-state index contributed by atoms with van der Waals surface area (Å²) in [5.74, 6) is 2.02. The quantitative estimate of drug-likeness (QED) is 0.531. The highest BCUT2D eigenvalue weighted by atomic mass is 35.5. The van der Waals surface area contributed by atoms with Crippen molar-refractivity contribution in [2.75, 3.05) is 0 Å². The van der Waals surface area contributed by atoms with E-state index in [1.807, 2.05) is 19.1 Å². The van der Waals surface area contributed by atoms with Crippen molar-refractivity contribution in [2.24, 2.45) is 0 Å². The third-order valence-corrected chi connectivity index (χ3v) is 4.36. The van der Waals surface area contributed by atoms with Crippen molar-refractivity contribution in [1.29, 1.82) is 0 Å². The molecular formula is C14H12ClOS+. The number of benzene rings is 1. The fourth-order valence-electron chi connectivity index (χ4n) is 2.15. The minimum absolute atomic E-state index is 0.786. The van der Waals surface area contributed by atoms with Gasteiger partial charge in [0.05, 0.1) is 13.3 Å². The number of aryl methyl sites for hydroxylation is 2. The van der Waals surface area contributed by atoms with E-state index in [2.05, 4.69) is 19.1 Å². The summed E-state index contributed by atoms with van der Waals surface area (Å²) in [6.45, 7) is 4.11. The average molecular weight is 264 g/mol. The first kappa shape index (κ1) is 11.0. The van der Waals surface area contributed by atoms with Crippen LogP contribution in [0.3, 0.4) is 0 Å². The van der Waals surface area contributed by atoms with Gasteiger partial charge in [0.15, 0.2) is 0 Å². The molecule has 0 aliphatic rings. The number of halogens is 1. The number of hydrogen-bond acceptors (Lipinski definition) is 1. The van der Waals surface area contributed by atoms with Crippen molar-refractivity contribution in [3.8, 4) is 0 Å². The van der Waals surface area contributed by atoms with E-state index >= 15 is 0 Å². The Balaban J connectivity index is 2.52. The van der Waals surface area contributed by atoms with Gasteiger partial charge in [-0.1, -0.05) is 18.5 Å². The molecule has 3 rings (SSSR count). The predicted molar refractivity (Wildman–Crippen MR) is 75.1 cm³/mol. The van der Waals surface area contributed by atoms with E-state index in [1.54, 1.807) is 11.3 Å². The van der Waals surface area contributed by atoms with Gasteiger partial charge >= 0.3 is 11.5 Å². The standard InChI is InChI=1S/C14H12ClOS/c1-3-12-14-11(6-8(2)16-12)10-7-9(15)4-5-13(10)17-14/h4-7H,3H2,1-2H3/q+1. The molecule has 0 saturated heterocycles. The van der Waals surface area contributed by atoms with Gasteiger partial charge in [-0.05, 0) is 18.2 Å². The molecule has 86 valence electrons. The van der Waals surface area contributed by atoms with Crippen LogP contribution in [-0.4, -0.2) is 0 Å². The summed E-state index contributed by atoms with van der Waals surface area (Å²) in [7, 11) is 0. The lowest BCUT2D eigenvalue weighted by atomic mass is 10.1. The summed E-state index contributed by atoms with van der Waals surface area (Å²) in [5, 5.41) is 3.27. The van der Waals surface area contributed by atoms with Crippen molar-refractivity contribution < 1.29 is 4.42 Å². The molecule has 0 radical (unpaired) electrons. The van der Waals surface area contributed by atoms with Crippen LogP contribution in [0, 0.1) is 6.92 Å². The van der Waals surface area contributed by atoms with Crippen molar-refractivity contribution in [2.45, 2.75) is 20.3 Å². The van der Waals surface area contributed by atoms with Crippen molar-refractivity contribution in [3.63, 3.8) is 0 Å². The first-order valence-corrected chi connectivity index (χ1v) is 6.83. The molecule has 1 aromatic carbocycles. The van der Waals surface area contributed by atoms with E-state index in [-0.39, 0.29) is 0 Å². The van der Waals surface area contributed by atoms with E-state index in [0.29, 0.717) is 0 Å². The monoisotopic (exact) mass is 263 g/mol. The van der Waals surface area contributed by atoms with Crippen LogP contribution in [0.1, 0.15) is 18.4 Å². The van der Waals surface area contributed by atoms with E-state index in [1.165, 1.54) is 20.2 Å². The Morgan fingerprint density at radius 3 is 2.82 bits per heavy atom. The SMILES string of the molecule is CCc1[o+]c(C)cc2c1sc1ccc(Cl)cc12. The van der Waals surface area contributed by atoms with Crippen LogP contribution in [0.5, 0.6) is 0 Å². The molecule has 0 unspecified atom stereocenters. The zero-order valence-electron chi connectivity index (χ0n) is 9.71. The zero-order chi connectivity index (χ0) is 12.0. The van der Waals surface area contributed by atoms with Gasteiger partial charge in [-0.3, -0.25) is 0 Å². The smallest absolute Gasteiger partial charge is 0.217 e. The lowest BCUT2D eigenvalue weighted by Gasteiger charge is -1.92. The van der Waals surface area contributed by atoms with Gasteiger partial charge in [0.25, 0.3) is 0 Å². The summed E-state index contributed by atoms with van der Waals surface area (Å²) in [6.07, 6.45) is 0.915. The maximum atomic E-state index is 6.07. The zero-order valence-corrected chi connectivity index (χ0v) is 11.3. The highest BCUT2D eigenvalue weighted by molar-refractivity contribution is 7.26. The highest BCUT2D eigenvalue weighted by Gasteiger charge is 2.19. The second kappa shape index (κ2) is 3.97. The van der Waals surface area contributed by atoms with Crippen LogP contribution in [0.2, 0.25) is 5.02 Å². The average Bonchev–Trinajstić information content (AvgIpc) is 2.66. The number of fused-ring (bicyclic) bond motifs is 3. The molecule has 0 bridgehead atoms. The first-order chi connectivity index (χ1) is 8.19. The molecule has 0 saturated carbocycles. The highest BCUT2D eigenvalue weighted by Crippen LogP contribution is 2.37. The van der Waals surface area contributed by atoms with Gasteiger partial charge in [0.2, 0.25) is 0 Å². The van der Waals surface area contributed by atoms with E-state index < -0.39 is 0 Å². The maximum Gasteiger partial charge on any atom is 0.346 e. The molecule has 0 N–H and O–H groups in total. The van der Waals surface area contributed by atoms with E-state index in [0.717, 1.165) is 23.0 Å². The number of thiophene rings is 1. The topological polar surface area (TPSA) is 11.3 Å². The molecule has 0 atom stereocenters. The Kier molecular flexibility index (Phi) is 2.57. The molecule has 0 spiro atoms. The second-order valence-electron chi connectivity index (χ2n) is 4.12. The fraction of sp³-hybridized carbons (Fsp3) is 0.214. The Hall–Kier alpha value is -1.12. The van der Waals surface area contributed by atoms with Crippen LogP contribution >= 0.6 is 22.9 Å². The third-order valence-electron chi connectivity index (χ3n) is 2.89. The Morgan fingerprint density at radius 1 is 1.24 bits per heavy atom. The van der Waals surface area contributed by atoms with Crippen molar-refractivity contribution in [1.82, 2.24) is 0 Å². The van der Waals surface area contributed by atoms with Crippen LogP contribution in [-0.2, 0) is 6.42 Å². The van der Waals surface area contributed by atoms with Gasteiger partial charge in [-0.15, -0.1) is 11.3 Å². The molecule has 2 aromatic heterocycles. The Bertz CT molecular complexity index is 715. The minimum atomic E-state index is 0.786. The summed E-state index contributed by atoms with van der Waals surface area (Å²) in [4.78, 5) is 0. The van der Waals surface area contributed by atoms with Gasteiger partial charge in [-0.2, -0.15) is 0 Å². The van der Waals surface area contributed by atoms with Gasteiger partial charge in [0.1, 0.15) is 4.70 Å². The largest absolute Gasteiger partial charge is 0.346 e. The Morgan fingerprint density at radius 2 is 2.06 bits per heavy atom. The number of rotatable bonds is 1. The first-order valence-electron chi connectivity index (χ1n) is 5.63. The lowest BCUT2D eigenvalue weighted by molar-refractivity contribution is 0.479. The normalized spacial score (nSPS) is 11.5. The Labute approximate surface area is 109 Å². The molecule has 1 nitrogen and oxygen atoms in total. The summed E-state index contributed by atoms with van der Waals surface area (Å²) >= 11 is 7.85. The molecule has 3 heteroatoms. The second-order valence-corrected chi connectivity index (χ2v) is 5.61. The van der Waals surface area contributed by atoms with Gasteiger partial charge < -0.3 is 0 Å². The maximum absolute atomic E-state index is 6.07. The number of hydrogen-bond donors (Lipinski definition) is 0. The molecule has 0 aliphatic carbocycles. The molecule has 2 heterocycles. The van der Waals surface area contributed by atoms with E-state index in [4.69, 9.17) is 16.0 Å². The lowest BCUT2D eigenvalue weighted by Crippen LogP contribution is -1.82.